The summed E-state index contributed by atoms with van der Waals surface area (Å²) in [6.45, 7) is 6.93. The molecule has 0 atom stereocenters. The average Bonchev–Trinajstić information content (AvgIpc) is 2.40. The van der Waals surface area contributed by atoms with Crippen LogP contribution in [0.3, 0.4) is 0 Å². The van der Waals surface area contributed by atoms with Crippen molar-refractivity contribution in [3.63, 3.8) is 0 Å². The van der Waals surface area contributed by atoms with E-state index in [-0.39, 0.29) is 0 Å². The Hall–Kier alpha value is -0.920. The van der Waals surface area contributed by atoms with Crippen LogP contribution in [0.5, 0.6) is 0 Å². The van der Waals surface area contributed by atoms with E-state index in [4.69, 9.17) is 0 Å². The van der Waals surface area contributed by atoms with Gasteiger partial charge in [-0.05, 0) is 29.9 Å². The van der Waals surface area contributed by atoms with Crippen LogP contribution in [0, 0.1) is 0 Å². The van der Waals surface area contributed by atoms with E-state index >= 15 is 0 Å². The molecule has 0 aliphatic rings. The molecular weight excluding hydrogens is 220 g/mol. The maximum atomic E-state index is 4.06. The molecule has 1 aromatic heterocycles. The minimum Gasteiger partial charge on any atom is -0.159 e. The zero-order valence-electron chi connectivity index (χ0n) is 12.3. The fourth-order valence-electron chi connectivity index (χ4n) is 2.59. The van der Waals surface area contributed by atoms with Crippen LogP contribution in [-0.4, -0.2) is 10.2 Å². The van der Waals surface area contributed by atoms with Crippen molar-refractivity contribution < 1.29 is 0 Å². The third kappa shape index (κ3) is 4.75. The van der Waals surface area contributed by atoms with Gasteiger partial charge >= 0.3 is 0 Å². The van der Waals surface area contributed by atoms with Gasteiger partial charge in [0, 0.05) is 6.20 Å². The Kier molecular flexibility index (Phi) is 6.92. The minimum absolute atomic E-state index is 0.292. The van der Waals surface area contributed by atoms with Gasteiger partial charge in [-0.15, -0.1) is 0 Å². The lowest BCUT2D eigenvalue weighted by Crippen LogP contribution is -2.22. The molecule has 0 fully saturated rings. The summed E-state index contributed by atoms with van der Waals surface area (Å²) < 4.78 is 0. The molecule has 0 aromatic carbocycles. The number of hydrogen-bond acceptors (Lipinski definition) is 2. The highest BCUT2D eigenvalue weighted by atomic mass is 15.1. The summed E-state index contributed by atoms with van der Waals surface area (Å²) in [6.07, 6.45) is 14.2. The van der Waals surface area contributed by atoms with E-state index in [1.807, 2.05) is 12.4 Å². The Labute approximate surface area is 112 Å². The molecule has 1 heterocycles. The predicted octanol–water partition coefficient (Wildman–Crippen LogP) is 4.89. The Morgan fingerprint density at radius 2 is 1.56 bits per heavy atom. The molecule has 18 heavy (non-hydrogen) atoms. The van der Waals surface area contributed by atoms with Gasteiger partial charge in [-0.2, -0.15) is 10.2 Å². The van der Waals surface area contributed by atoms with Crippen molar-refractivity contribution in [1.29, 1.82) is 0 Å². The van der Waals surface area contributed by atoms with Crippen LogP contribution in [0.1, 0.15) is 77.7 Å². The zero-order chi connectivity index (χ0) is 13.3. The van der Waals surface area contributed by atoms with Crippen molar-refractivity contribution in [1.82, 2.24) is 10.2 Å². The van der Waals surface area contributed by atoms with Gasteiger partial charge in [-0.25, -0.2) is 0 Å². The second-order valence-corrected chi connectivity index (χ2v) is 5.61. The third-order valence-corrected chi connectivity index (χ3v) is 3.95. The second kappa shape index (κ2) is 8.23. The summed E-state index contributed by atoms with van der Waals surface area (Å²) in [6, 6.07) is 2.14. The summed E-state index contributed by atoms with van der Waals surface area (Å²) in [5.74, 6) is 0. The molecule has 1 rings (SSSR count). The van der Waals surface area contributed by atoms with Gasteiger partial charge < -0.3 is 0 Å². The van der Waals surface area contributed by atoms with Gasteiger partial charge in [0.25, 0.3) is 0 Å². The minimum atomic E-state index is 0.292. The Morgan fingerprint density at radius 3 is 2.00 bits per heavy atom. The van der Waals surface area contributed by atoms with E-state index in [0.717, 1.165) is 0 Å². The standard InChI is InChI=1S/C16H28N2/c1-4-6-8-11-16(3,12-9-7-5-2)15-10-13-17-18-14-15/h10,13-14H,4-9,11-12H2,1-3H3. The number of nitrogens with zero attached hydrogens (tertiary/aromatic N) is 2. The van der Waals surface area contributed by atoms with E-state index in [9.17, 15) is 0 Å². The average molecular weight is 248 g/mol. The van der Waals surface area contributed by atoms with Crippen LogP contribution in [0.15, 0.2) is 18.5 Å². The molecule has 2 heteroatoms. The highest BCUT2D eigenvalue weighted by molar-refractivity contribution is 5.18. The van der Waals surface area contributed by atoms with Crippen molar-refractivity contribution in [2.45, 2.75) is 77.6 Å². The largest absolute Gasteiger partial charge is 0.159 e. The van der Waals surface area contributed by atoms with Gasteiger partial charge in [-0.1, -0.05) is 59.3 Å². The lowest BCUT2D eigenvalue weighted by atomic mass is 9.75. The smallest absolute Gasteiger partial charge is 0.0533 e. The summed E-state index contributed by atoms with van der Waals surface area (Å²) in [5.41, 5.74) is 1.66. The van der Waals surface area contributed by atoms with E-state index < -0.39 is 0 Å². The zero-order valence-corrected chi connectivity index (χ0v) is 12.3. The number of rotatable bonds is 9. The molecule has 0 N–H and O–H groups in total. The van der Waals surface area contributed by atoms with Crippen LogP contribution < -0.4 is 0 Å². The van der Waals surface area contributed by atoms with E-state index in [2.05, 4.69) is 37.0 Å². The quantitative estimate of drug-likeness (QED) is 0.581. The molecule has 0 amide bonds. The van der Waals surface area contributed by atoms with Crippen molar-refractivity contribution >= 4 is 0 Å². The predicted molar refractivity (Wildman–Crippen MR) is 77.7 cm³/mol. The highest BCUT2D eigenvalue weighted by Gasteiger charge is 2.25. The summed E-state index contributed by atoms with van der Waals surface area (Å²) in [4.78, 5) is 0. The molecule has 2 nitrogen and oxygen atoms in total. The lowest BCUT2D eigenvalue weighted by molar-refractivity contribution is 0.366. The summed E-state index contributed by atoms with van der Waals surface area (Å²) in [7, 11) is 0. The summed E-state index contributed by atoms with van der Waals surface area (Å²) in [5, 5.41) is 7.96. The first kappa shape index (κ1) is 15.1. The van der Waals surface area contributed by atoms with Crippen LogP contribution >= 0.6 is 0 Å². The second-order valence-electron chi connectivity index (χ2n) is 5.61. The maximum Gasteiger partial charge on any atom is 0.0533 e. The topological polar surface area (TPSA) is 25.8 Å². The number of unbranched alkanes of at least 4 members (excludes halogenated alkanes) is 4. The van der Waals surface area contributed by atoms with E-state index in [1.54, 1.807) is 0 Å². The lowest BCUT2D eigenvalue weighted by Gasteiger charge is -2.30. The van der Waals surface area contributed by atoms with Crippen molar-refractivity contribution in [3.05, 3.63) is 24.0 Å². The fourth-order valence-corrected chi connectivity index (χ4v) is 2.59. The Morgan fingerprint density at radius 1 is 0.944 bits per heavy atom. The molecule has 0 aliphatic heterocycles. The van der Waals surface area contributed by atoms with Crippen molar-refractivity contribution in [3.8, 4) is 0 Å². The first-order chi connectivity index (χ1) is 8.73. The first-order valence-electron chi connectivity index (χ1n) is 7.50. The molecular formula is C16H28N2. The van der Waals surface area contributed by atoms with Crippen LogP contribution in [0.4, 0.5) is 0 Å². The summed E-state index contributed by atoms with van der Waals surface area (Å²) >= 11 is 0. The number of aromatic nitrogens is 2. The van der Waals surface area contributed by atoms with Gasteiger partial charge in [0.2, 0.25) is 0 Å². The van der Waals surface area contributed by atoms with Gasteiger partial charge in [0.05, 0.1) is 6.20 Å². The molecule has 0 saturated carbocycles. The maximum absolute atomic E-state index is 4.06. The molecule has 0 spiro atoms. The van der Waals surface area contributed by atoms with Crippen LogP contribution in [0.2, 0.25) is 0 Å². The molecule has 102 valence electrons. The van der Waals surface area contributed by atoms with Gasteiger partial charge in [0.15, 0.2) is 0 Å². The SMILES string of the molecule is CCCCCC(C)(CCCCC)c1ccnnc1. The molecule has 0 unspecified atom stereocenters. The monoisotopic (exact) mass is 248 g/mol. The van der Waals surface area contributed by atoms with Gasteiger partial charge in [-0.3, -0.25) is 0 Å². The Bertz CT molecular complexity index is 298. The molecule has 0 bridgehead atoms. The Balaban J connectivity index is 2.67. The van der Waals surface area contributed by atoms with Gasteiger partial charge in [0.1, 0.15) is 0 Å². The van der Waals surface area contributed by atoms with Crippen molar-refractivity contribution in [2.75, 3.05) is 0 Å². The third-order valence-electron chi connectivity index (χ3n) is 3.95. The van der Waals surface area contributed by atoms with Crippen molar-refractivity contribution in [2.24, 2.45) is 0 Å². The molecule has 0 radical (unpaired) electrons. The molecule has 1 aromatic rings. The van der Waals surface area contributed by atoms with E-state index in [1.165, 1.54) is 56.9 Å². The molecule has 0 aliphatic carbocycles. The van der Waals surface area contributed by atoms with Crippen LogP contribution in [0.25, 0.3) is 0 Å². The van der Waals surface area contributed by atoms with Crippen LogP contribution in [-0.2, 0) is 5.41 Å². The normalized spacial score (nSPS) is 11.7. The molecule has 0 saturated heterocycles. The highest BCUT2D eigenvalue weighted by Crippen LogP contribution is 2.34. The number of hydrogen-bond donors (Lipinski definition) is 0. The fraction of sp³-hybridized carbons (Fsp3) is 0.750. The van der Waals surface area contributed by atoms with E-state index in [0.29, 0.717) is 5.41 Å². The first-order valence-corrected chi connectivity index (χ1v) is 7.50.